The Hall–Kier alpha value is -1.45. The lowest BCUT2D eigenvalue weighted by atomic mass is 9.90. The Bertz CT molecular complexity index is 398. The minimum absolute atomic E-state index is 0.000278. The molecule has 1 aliphatic rings. The molecule has 16 heavy (non-hydrogen) atoms. The van der Waals surface area contributed by atoms with E-state index >= 15 is 0 Å². The fraction of sp³-hybridized carbons (Fsp3) is 0.417. The molecule has 86 valence electrons. The van der Waals surface area contributed by atoms with E-state index in [2.05, 4.69) is 0 Å². The molecule has 0 bridgehead atoms. The summed E-state index contributed by atoms with van der Waals surface area (Å²) >= 11 is 0. The third-order valence-corrected chi connectivity index (χ3v) is 2.95. The molecule has 1 atom stereocenters. The minimum atomic E-state index is -2.49. The van der Waals surface area contributed by atoms with Crippen LogP contribution in [0.3, 0.4) is 0 Å². The summed E-state index contributed by atoms with van der Waals surface area (Å²) in [5.41, 5.74) is 0.271. The van der Waals surface area contributed by atoms with Gasteiger partial charge in [-0.1, -0.05) is 18.2 Å². The molecule has 0 heterocycles. The molecule has 2 nitrogen and oxygen atoms in total. The van der Waals surface area contributed by atoms with Gasteiger partial charge in [0.1, 0.15) is 0 Å². The summed E-state index contributed by atoms with van der Waals surface area (Å²) in [4.78, 5) is 10.9. The van der Waals surface area contributed by atoms with Gasteiger partial charge in [-0.2, -0.15) is 0 Å². The maximum absolute atomic E-state index is 12.9. The van der Waals surface area contributed by atoms with E-state index in [0.717, 1.165) is 12.8 Å². The van der Waals surface area contributed by atoms with Crippen molar-refractivity contribution in [2.45, 2.75) is 25.2 Å². The van der Waals surface area contributed by atoms with Crippen LogP contribution in [-0.4, -0.2) is 17.5 Å². The first-order valence-electron chi connectivity index (χ1n) is 5.21. The summed E-state index contributed by atoms with van der Waals surface area (Å²) in [6, 6.07) is 6.05. The van der Waals surface area contributed by atoms with Crippen LogP contribution in [0.4, 0.5) is 8.78 Å². The third-order valence-electron chi connectivity index (χ3n) is 2.95. The Morgan fingerprint density at radius 2 is 1.94 bits per heavy atom. The van der Waals surface area contributed by atoms with Crippen molar-refractivity contribution in [1.82, 2.24) is 0 Å². The van der Waals surface area contributed by atoms with Crippen LogP contribution in [-0.2, 0) is 0 Å². The minimum Gasteiger partial charge on any atom is -0.478 e. The molecule has 2 rings (SSSR count). The van der Waals surface area contributed by atoms with Gasteiger partial charge in [0.05, 0.1) is 5.56 Å². The molecule has 0 aromatic heterocycles. The van der Waals surface area contributed by atoms with E-state index in [0.29, 0.717) is 0 Å². The quantitative estimate of drug-likeness (QED) is 0.856. The molecule has 1 aromatic rings. The number of rotatable bonds is 4. The van der Waals surface area contributed by atoms with Crippen molar-refractivity contribution < 1.29 is 18.7 Å². The third kappa shape index (κ3) is 2.05. The monoisotopic (exact) mass is 226 g/mol. The number of hydrogen-bond donors (Lipinski definition) is 1. The molecular weight excluding hydrogens is 214 g/mol. The van der Waals surface area contributed by atoms with Gasteiger partial charge in [0.15, 0.2) is 0 Å². The van der Waals surface area contributed by atoms with Gasteiger partial charge in [-0.15, -0.1) is 0 Å². The molecule has 0 radical (unpaired) electrons. The predicted octanol–water partition coefficient (Wildman–Crippen LogP) is 3.14. The zero-order valence-corrected chi connectivity index (χ0v) is 8.57. The van der Waals surface area contributed by atoms with Crippen LogP contribution in [0.5, 0.6) is 0 Å². The van der Waals surface area contributed by atoms with Crippen molar-refractivity contribution in [2.24, 2.45) is 5.92 Å². The maximum atomic E-state index is 12.9. The van der Waals surface area contributed by atoms with Crippen molar-refractivity contribution in [1.29, 1.82) is 0 Å². The molecule has 1 N–H and O–H groups in total. The van der Waals surface area contributed by atoms with E-state index in [1.807, 2.05) is 0 Å². The Kier molecular flexibility index (Phi) is 2.90. The zero-order valence-electron chi connectivity index (χ0n) is 8.57. The second-order valence-corrected chi connectivity index (χ2v) is 4.09. The molecule has 0 spiro atoms. The summed E-state index contributed by atoms with van der Waals surface area (Å²) in [7, 11) is 0. The molecule has 4 heteroatoms. The molecule has 0 amide bonds. The number of hydrogen-bond acceptors (Lipinski definition) is 1. The van der Waals surface area contributed by atoms with Gasteiger partial charge in [0, 0.05) is 5.92 Å². The highest BCUT2D eigenvalue weighted by Crippen LogP contribution is 2.46. The van der Waals surface area contributed by atoms with Gasteiger partial charge in [-0.25, -0.2) is 13.6 Å². The van der Waals surface area contributed by atoms with Gasteiger partial charge in [-0.05, 0) is 30.4 Å². The highest BCUT2D eigenvalue weighted by Gasteiger charge is 2.39. The zero-order chi connectivity index (χ0) is 11.7. The lowest BCUT2D eigenvalue weighted by molar-refractivity contribution is 0.0689. The largest absolute Gasteiger partial charge is 0.478 e. The summed E-state index contributed by atoms with van der Waals surface area (Å²) in [5, 5.41) is 8.95. The normalized spacial score (nSPS) is 17.4. The van der Waals surface area contributed by atoms with Crippen LogP contribution in [0.25, 0.3) is 0 Å². The average molecular weight is 226 g/mol. The van der Waals surface area contributed by atoms with Crippen LogP contribution in [0, 0.1) is 5.92 Å². The Morgan fingerprint density at radius 3 is 2.44 bits per heavy atom. The summed E-state index contributed by atoms with van der Waals surface area (Å²) in [5.74, 6) is -2.12. The van der Waals surface area contributed by atoms with E-state index in [1.165, 1.54) is 12.1 Å². The van der Waals surface area contributed by atoms with E-state index < -0.39 is 18.3 Å². The van der Waals surface area contributed by atoms with Crippen molar-refractivity contribution in [2.75, 3.05) is 0 Å². The number of benzene rings is 1. The van der Waals surface area contributed by atoms with Crippen molar-refractivity contribution >= 4 is 5.97 Å². The van der Waals surface area contributed by atoms with Crippen molar-refractivity contribution in [3.63, 3.8) is 0 Å². The number of carboxylic acid groups (broad SMARTS) is 1. The lowest BCUT2D eigenvalue weighted by Crippen LogP contribution is -2.15. The molecule has 1 unspecified atom stereocenters. The Balaban J connectivity index is 2.40. The van der Waals surface area contributed by atoms with Crippen LogP contribution in [0.15, 0.2) is 24.3 Å². The van der Waals surface area contributed by atoms with Crippen LogP contribution < -0.4 is 0 Å². The summed E-state index contributed by atoms with van der Waals surface area (Å²) in [6.07, 6.45) is -0.959. The predicted molar refractivity (Wildman–Crippen MR) is 54.9 cm³/mol. The first kappa shape index (κ1) is 11.0. The maximum Gasteiger partial charge on any atom is 0.335 e. The first-order valence-corrected chi connectivity index (χ1v) is 5.21. The highest BCUT2D eigenvalue weighted by molar-refractivity contribution is 5.89. The first-order chi connectivity index (χ1) is 7.61. The number of halogens is 2. The SMILES string of the molecule is O=C(O)c1ccccc1C(C(F)F)C1CC1. The van der Waals surface area contributed by atoms with E-state index in [-0.39, 0.29) is 17.0 Å². The number of carbonyl (C=O) groups is 1. The van der Waals surface area contributed by atoms with Crippen LogP contribution in [0.1, 0.15) is 34.7 Å². The van der Waals surface area contributed by atoms with Gasteiger partial charge in [-0.3, -0.25) is 0 Å². The molecule has 1 saturated carbocycles. The highest BCUT2D eigenvalue weighted by atomic mass is 19.3. The lowest BCUT2D eigenvalue weighted by Gasteiger charge is -2.17. The number of alkyl halides is 2. The molecule has 1 aromatic carbocycles. The van der Waals surface area contributed by atoms with E-state index in [9.17, 15) is 13.6 Å². The standard InChI is InChI=1S/C12H12F2O2/c13-11(14)10(7-5-6-7)8-3-1-2-4-9(8)12(15)16/h1-4,7,10-11H,5-6H2,(H,15,16). The summed E-state index contributed by atoms with van der Waals surface area (Å²) < 4.78 is 25.9. The Morgan fingerprint density at radius 1 is 1.31 bits per heavy atom. The fourth-order valence-corrected chi connectivity index (χ4v) is 2.03. The molecule has 1 aliphatic carbocycles. The topological polar surface area (TPSA) is 37.3 Å². The Labute approximate surface area is 91.9 Å². The number of aromatic carboxylic acids is 1. The second kappa shape index (κ2) is 4.20. The van der Waals surface area contributed by atoms with Crippen LogP contribution >= 0.6 is 0 Å². The van der Waals surface area contributed by atoms with Gasteiger partial charge in [0.2, 0.25) is 6.43 Å². The molecule has 0 saturated heterocycles. The second-order valence-electron chi connectivity index (χ2n) is 4.09. The van der Waals surface area contributed by atoms with Gasteiger partial charge < -0.3 is 5.11 Å². The van der Waals surface area contributed by atoms with Crippen molar-refractivity contribution in [3.05, 3.63) is 35.4 Å². The van der Waals surface area contributed by atoms with E-state index in [1.54, 1.807) is 12.1 Å². The van der Waals surface area contributed by atoms with Crippen LogP contribution in [0.2, 0.25) is 0 Å². The smallest absolute Gasteiger partial charge is 0.335 e. The summed E-state index contributed by atoms with van der Waals surface area (Å²) in [6.45, 7) is 0. The molecule has 0 aliphatic heterocycles. The van der Waals surface area contributed by atoms with E-state index in [4.69, 9.17) is 5.11 Å². The molecule has 1 fully saturated rings. The number of carboxylic acids is 1. The van der Waals surface area contributed by atoms with Gasteiger partial charge in [0.25, 0.3) is 0 Å². The van der Waals surface area contributed by atoms with Gasteiger partial charge >= 0.3 is 5.97 Å². The molecular formula is C12H12F2O2. The average Bonchev–Trinajstić information content (AvgIpc) is 3.02. The fourth-order valence-electron chi connectivity index (χ4n) is 2.03. The van der Waals surface area contributed by atoms with Crippen molar-refractivity contribution in [3.8, 4) is 0 Å².